The largest absolute Gasteiger partial charge is 0.458 e. The van der Waals surface area contributed by atoms with Crippen molar-refractivity contribution < 1.29 is 23.8 Å². The predicted molar refractivity (Wildman–Crippen MR) is 110 cm³/mol. The fourth-order valence-electron chi connectivity index (χ4n) is 3.40. The molecule has 0 saturated carbocycles. The van der Waals surface area contributed by atoms with Gasteiger partial charge in [0.2, 0.25) is 0 Å². The lowest BCUT2D eigenvalue weighted by atomic mass is 9.98. The molecule has 0 radical (unpaired) electrons. The Labute approximate surface area is 171 Å². The number of carbonyl (C=O) groups is 2. The van der Waals surface area contributed by atoms with Crippen LogP contribution in [0.3, 0.4) is 0 Å². The number of hydrogen-bond acceptors (Lipinski definition) is 5. The van der Waals surface area contributed by atoms with Gasteiger partial charge >= 0.3 is 12.1 Å². The molecule has 0 atom stereocenters. The van der Waals surface area contributed by atoms with Crippen LogP contribution in [0.25, 0.3) is 11.1 Å². The molecule has 6 nitrogen and oxygen atoms in total. The summed E-state index contributed by atoms with van der Waals surface area (Å²) in [5, 5.41) is 2.64. The van der Waals surface area contributed by atoms with Crippen molar-refractivity contribution in [3.8, 4) is 11.1 Å². The summed E-state index contributed by atoms with van der Waals surface area (Å²) >= 11 is 0. The number of hydrogen-bond donors (Lipinski definition) is 1. The van der Waals surface area contributed by atoms with Crippen LogP contribution in [-0.2, 0) is 19.0 Å². The molecule has 0 bridgehead atoms. The van der Waals surface area contributed by atoms with E-state index in [9.17, 15) is 9.59 Å². The first-order chi connectivity index (χ1) is 13.8. The number of amides is 1. The van der Waals surface area contributed by atoms with Crippen molar-refractivity contribution in [3.05, 3.63) is 59.7 Å². The minimum atomic E-state index is -0.542. The van der Waals surface area contributed by atoms with Gasteiger partial charge in [-0.25, -0.2) is 9.59 Å². The number of rotatable bonds is 7. The first-order valence-electron chi connectivity index (χ1n) is 9.73. The SMILES string of the molecule is CC(C)(C)OC(=O)COCCNC(=O)OCC1c2ccccc2-c2ccccc21. The van der Waals surface area contributed by atoms with E-state index in [0.29, 0.717) is 0 Å². The van der Waals surface area contributed by atoms with Crippen LogP contribution in [0.2, 0.25) is 0 Å². The van der Waals surface area contributed by atoms with Gasteiger partial charge in [-0.2, -0.15) is 0 Å². The molecule has 1 amide bonds. The second kappa shape index (κ2) is 9.09. The van der Waals surface area contributed by atoms with Gasteiger partial charge in [0, 0.05) is 12.5 Å². The summed E-state index contributed by atoms with van der Waals surface area (Å²) in [6, 6.07) is 16.4. The third-order valence-electron chi connectivity index (χ3n) is 4.50. The van der Waals surface area contributed by atoms with E-state index in [0.717, 1.165) is 0 Å². The normalized spacial score (nSPS) is 12.8. The lowest BCUT2D eigenvalue weighted by Crippen LogP contribution is -2.31. The fraction of sp³-hybridized carbons (Fsp3) is 0.391. The lowest BCUT2D eigenvalue weighted by molar-refractivity contribution is -0.160. The van der Waals surface area contributed by atoms with Gasteiger partial charge in [0.15, 0.2) is 0 Å². The van der Waals surface area contributed by atoms with Crippen LogP contribution in [-0.4, -0.2) is 44.0 Å². The van der Waals surface area contributed by atoms with Crippen molar-refractivity contribution in [1.82, 2.24) is 5.32 Å². The molecule has 1 N–H and O–H groups in total. The molecule has 0 spiro atoms. The van der Waals surface area contributed by atoms with Gasteiger partial charge in [0.05, 0.1) is 6.61 Å². The summed E-state index contributed by atoms with van der Waals surface area (Å²) in [5.41, 5.74) is 4.17. The number of alkyl carbamates (subject to hydrolysis) is 1. The maximum absolute atomic E-state index is 12.0. The van der Waals surface area contributed by atoms with Gasteiger partial charge in [-0.3, -0.25) is 0 Å². The van der Waals surface area contributed by atoms with E-state index in [2.05, 4.69) is 29.6 Å². The van der Waals surface area contributed by atoms with Crippen LogP contribution in [0.15, 0.2) is 48.5 Å². The molecule has 1 aliphatic carbocycles. The maximum atomic E-state index is 12.0. The molecule has 1 aliphatic rings. The lowest BCUT2D eigenvalue weighted by Gasteiger charge is -2.19. The Bertz CT molecular complexity index is 826. The molecule has 0 heterocycles. The highest BCUT2D eigenvalue weighted by molar-refractivity contribution is 5.79. The van der Waals surface area contributed by atoms with Crippen molar-refractivity contribution in [1.29, 1.82) is 0 Å². The van der Waals surface area contributed by atoms with E-state index >= 15 is 0 Å². The third-order valence-corrected chi connectivity index (χ3v) is 4.50. The van der Waals surface area contributed by atoms with Gasteiger partial charge in [-0.15, -0.1) is 0 Å². The molecule has 6 heteroatoms. The van der Waals surface area contributed by atoms with Crippen molar-refractivity contribution in [2.75, 3.05) is 26.4 Å². The molecule has 2 aromatic carbocycles. The summed E-state index contributed by atoms with van der Waals surface area (Å²) in [5.74, 6) is -0.407. The van der Waals surface area contributed by atoms with E-state index < -0.39 is 17.7 Å². The van der Waals surface area contributed by atoms with Crippen LogP contribution in [0.1, 0.15) is 37.8 Å². The highest BCUT2D eigenvalue weighted by Crippen LogP contribution is 2.44. The topological polar surface area (TPSA) is 73.9 Å². The third kappa shape index (κ3) is 5.57. The van der Waals surface area contributed by atoms with Crippen LogP contribution in [0, 0.1) is 0 Å². The zero-order chi connectivity index (χ0) is 20.9. The molecule has 0 aliphatic heterocycles. The summed E-state index contributed by atoms with van der Waals surface area (Å²) < 4.78 is 15.8. The molecule has 0 unspecified atom stereocenters. The molecular formula is C23H27NO5. The van der Waals surface area contributed by atoms with E-state index in [4.69, 9.17) is 14.2 Å². The Morgan fingerprint density at radius 3 is 2.14 bits per heavy atom. The molecule has 0 saturated heterocycles. The standard InChI is InChI=1S/C23H27NO5/c1-23(2,3)29-21(25)15-27-13-12-24-22(26)28-14-20-18-10-6-4-8-16(18)17-9-5-7-11-19(17)20/h4-11,20H,12-15H2,1-3H3,(H,24,26). The average molecular weight is 397 g/mol. The summed E-state index contributed by atoms with van der Waals surface area (Å²) in [7, 11) is 0. The predicted octanol–water partition coefficient (Wildman–Crippen LogP) is 3.88. The van der Waals surface area contributed by atoms with Gasteiger partial charge < -0.3 is 19.5 Å². The summed E-state index contributed by atoms with van der Waals surface area (Å²) in [6.07, 6.45) is -0.507. The minimum Gasteiger partial charge on any atom is -0.458 e. The van der Waals surface area contributed by atoms with Crippen molar-refractivity contribution in [2.45, 2.75) is 32.3 Å². The molecule has 29 heavy (non-hydrogen) atoms. The number of ether oxygens (including phenoxy) is 3. The molecule has 2 aromatic rings. The quantitative estimate of drug-likeness (QED) is 0.567. The smallest absolute Gasteiger partial charge is 0.407 e. The monoisotopic (exact) mass is 397 g/mol. The molecule has 154 valence electrons. The molecule has 3 rings (SSSR count). The fourth-order valence-corrected chi connectivity index (χ4v) is 3.40. The maximum Gasteiger partial charge on any atom is 0.407 e. The number of esters is 1. The van der Waals surface area contributed by atoms with Crippen molar-refractivity contribution >= 4 is 12.1 Å². The van der Waals surface area contributed by atoms with E-state index in [1.54, 1.807) is 20.8 Å². The first-order valence-corrected chi connectivity index (χ1v) is 9.73. The van der Waals surface area contributed by atoms with Crippen LogP contribution >= 0.6 is 0 Å². The second-order valence-corrected chi connectivity index (χ2v) is 7.89. The van der Waals surface area contributed by atoms with Crippen LogP contribution in [0.5, 0.6) is 0 Å². The Morgan fingerprint density at radius 1 is 0.966 bits per heavy atom. The number of nitrogens with one attached hydrogen (secondary N) is 1. The highest BCUT2D eigenvalue weighted by atomic mass is 16.6. The van der Waals surface area contributed by atoms with Crippen molar-refractivity contribution in [3.63, 3.8) is 0 Å². The minimum absolute atomic E-state index is 0.0246. The van der Waals surface area contributed by atoms with E-state index in [1.807, 2.05) is 24.3 Å². The van der Waals surface area contributed by atoms with Crippen LogP contribution in [0.4, 0.5) is 4.79 Å². The van der Waals surface area contributed by atoms with E-state index in [1.165, 1.54) is 22.3 Å². The Morgan fingerprint density at radius 2 is 1.55 bits per heavy atom. The number of fused-ring (bicyclic) bond motifs is 3. The average Bonchev–Trinajstić information content (AvgIpc) is 2.99. The summed E-state index contributed by atoms with van der Waals surface area (Å²) in [6.45, 7) is 5.95. The Kier molecular flexibility index (Phi) is 6.54. The molecule has 0 aromatic heterocycles. The molecule has 0 fully saturated rings. The Balaban J connectivity index is 1.42. The van der Waals surface area contributed by atoms with Gasteiger partial charge in [0.25, 0.3) is 0 Å². The van der Waals surface area contributed by atoms with Crippen LogP contribution < -0.4 is 5.32 Å². The zero-order valence-corrected chi connectivity index (χ0v) is 17.1. The zero-order valence-electron chi connectivity index (χ0n) is 17.1. The van der Waals surface area contributed by atoms with Crippen molar-refractivity contribution in [2.24, 2.45) is 0 Å². The Hall–Kier alpha value is -2.86. The molecular weight excluding hydrogens is 370 g/mol. The second-order valence-electron chi connectivity index (χ2n) is 7.89. The number of carbonyl (C=O) groups excluding carboxylic acids is 2. The van der Waals surface area contributed by atoms with Gasteiger partial charge in [0.1, 0.15) is 18.8 Å². The first kappa shape index (κ1) is 20.9. The van der Waals surface area contributed by atoms with E-state index in [-0.39, 0.29) is 32.3 Å². The summed E-state index contributed by atoms with van der Waals surface area (Å²) in [4.78, 5) is 23.6. The highest BCUT2D eigenvalue weighted by Gasteiger charge is 2.28. The number of benzene rings is 2. The van der Waals surface area contributed by atoms with Gasteiger partial charge in [-0.1, -0.05) is 48.5 Å². The van der Waals surface area contributed by atoms with Gasteiger partial charge in [-0.05, 0) is 43.0 Å².